The Bertz CT molecular complexity index is 162. The van der Waals surface area contributed by atoms with Gasteiger partial charge >= 0.3 is 0 Å². The van der Waals surface area contributed by atoms with Gasteiger partial charge in [-0.25, -0.2) is 0 Å². The van der Waals surface area contributed by atoms with Crippen LogP contribution in [0, 0.1) is 5.92 Å². The molecule has 17 heavy (non-hydrogen) atoms. The Morgan fingerprint density at radius 2 is 1.53 bits per heavy atom. The molecule has 0 aromatic carbocycles. The van der Waals surface area contributed by atoms with Crippen molar-refractivity contribution in [3.8, 4) is 0 Å². The van der Waals surface area contributed by atoms with E-state index in [4.69, 9.17) is 4.74 Å². The molecule has 0 aliphatic rings. The molecule has 0 saturated carbocycles. The first kappa shape index (κ1) is 16.9. The average Bonchev–Trinajstić information content (AvgIpc) is 2.20. The summed E-state index contributed by atoms with van der Waals surface area (Å²) in [6.07, 6.45) is 0. The van der Waals surface area contributed by atoms with Crippen LogP contribution in [0.4, 0.5) is 0 Å². The topological polar surface area (TPSA) is 24.5 Å². The number of hydrogen-bond acceptors (Lipinski definition) is 3. The SMILES string of the molecule is CC(C)CNCCOCCN(C(C)C)C(C)C. The number of nitrogens with zero attached hydrogens (tertiary/aromatic N) is 1. The molecule has 0 aliphatic carbocycles. The third-order valence-electron chi connectivity index (χ3n) is 2.80. The summed E-state index contributed by atoms with van der Waals surface area (Å²) in [5.41, 5.74) is 0. The minimum absolute atomic E-state index is 0.595. The lowest BCUT2D eigenvalue weighted by molar-refractivity contribution is 0.0795. The first-order valence-electron chi connectivity index (χ1n) is 6.99. The summed E-state index contributed by atoms with van der Waals surface area (Å²) in [4.78, 5) is 2.46. The second-order valence-electron chi connectivity index (χ2n) is 5.64. The molecule has 0 bridgehead atoms. The lowest BCUT2D eigenvalue weighted by Gasteiger charge is -2.30. The Morgan fingerprint density at radius 1 is 0.941 bits per heavy atom. The van der Waals surface area contributed by atoms with Crippen molar-refractivity contribution < 1.29 is 4.74 Å². The van der Waals surface area contributed by atoms with E-state index in [0.29, 0.717) is 18.0 Å². The minimum atomic E-state index is 0.595. The van der Waals surface area contributed by atoms with Crippen LogP contribution >= 0.6 is 0 Å². The van der Waals surface area contributed by atoms with E-state index in [0.717, 1.165) is 32.8 Å². The molecule has 0 radical (unpaired) electrons. The van der Waals surface area contributed by atoms with Crippen molar-refractivity contribution in [3.05, 3.63) is 0 Å². The van der Waals surface area contributed by atoms with Gasteiger partial charge in [0.1, 0.15) is 0 Å². The Hall–Kier alpha value is -0.120. The van der Waals surface area contributed by atoms with Crippen LogP contribution < -0.4 is 5.32 Å². The molecular weight excluding hydrogens is 212 g/mol. The Morgan fingerprint density at radius 3 is 2.00 bits per heavy atom. The summed E-state index contributed by atoms with van der Waals surface area (Å²) in [6, 6.07) is 1.19. The quantitative estimate of drug-likeness (QED) is 0.597. The van der Waals surface area contributed by atoms with Crippen LogP contribution in [0.3, 0.4) is 0 Å². The minimum Gasteiger partial charge on any atom is -0.379 e. The summed E-state index contributed by atoms with van der Waals surface area (Å²) < 4.78 is 5.64. The monoisotopic (exact) mass is 244 g/mol. The van der Waals surface area contributed by atoms with Gasteiger partial charge < -0.3 is 10.1 Å². The molecule has 0 spiro atoms. The smallest absolute Gasteiger partial charge is 0.0594 e. The highest BCUT2D eigenvalue weighted by Gasteiger charge is 2.12. The third kappa shape index (κ3) is 9.57. The zero-order chi connectivity index (χ0) is 13.3. The second-order valence-corrected chi connectivity index (χ2v) is 5.64. The summed E-state index contributed by atoms with van der Waals surface area (Å²) in [5, 5.41) is 3.38. The van der Waals surface area contributed by atoms with Crippen LogP contribution in [0.2, 0.25) is 0 Å². The molecule has 0 amide bonds. The first-order valence-corrected chi connectivity index (χ1v) is 6.99. The van der Waals surface area contributed by atoms with Gasteiger partial charge in [-0.05, 0) is 40.2 Å². The molecule has 0 aromatic heterocycles. The maximum atomic E-state index is 5.64. The fourth-order valence-electron chi connectivity index (χ4n) is 1.92. The standard InChI is InChI=1S/C14H32N2O/c1-12(2)11-15-7-9-17-10-8-16(13(3)4)14(5)6/h12-15H,7-11H2,1-6H3. The van der Waals surface area contributed by atoms with E-state index in [9.17, 15) is 0 Å². The Labute approximate surface area is 108 Å². The van der Waals surface area contributed by atoms with Crippen LogP contribution in [-0.2, 0) is 4.74 Å². The predicted molar refractivity (Wildman–Crippen MR) is 75.5 cm³/mol. The van der Waals surface area contributed by atoms with Crippen LogP contribution in [0.1, 0.15) is 41.5 Å². The van der Waals surface area contributed by atoms with Gasteiger partial charge in [0.25, 0.3) is 0 Å². The van der Waals surface area contributed by atoms with E-state index in [1.807, 2.05) is 0 Å². The Kier molecular flexibility index (Phi) is 9.79. The summed E-state index contributed by atoms with van der Waals surface area (Å²) >= 11 is 0. The first-order chi connectivity index (χ1) is 7.95. The summed E-state index contributed by atoms with van der Waals surface area (Å²) in [6.45, 7) is 18.1. The lowest BCUT2D eigenvalue weighted by Crippen LogP contribution is -2.39. The predicted octanol–water partition coefficient (Wildman–Crippen LogP) is 2.37. The van der Waals surface area contributed by atoms with Gasteiger partial charge in [-0.15, -0.1) is 0 Å². The van der Waals surface area contributed by atoms with Crippen LogP contribution in [0.15, 0.2) is 0 Å². The molecule has 0 atom stereocenters. The zero-order valence-corrected chi connectivity index (χ0v) is 12.6. The van der Waals surface area contributed by atoms with Crippen molar-refractivity contribution >= 4 is 0 Å². The maximum absolute atomic E-state index is 5.64. The van der Waals surface area contributed by atoms with Gasteiger partial charge in [0, 0.05) is 25.2 Å². The second kappa shape index (κ2) is 9.86. The van der Waals surface area contributed by atoms with Crippen molar-refractivity contribution in [1.82, 2.24) is 10.2 Å². The molecule has 0 rings (SSSR count). The highest BCUT2D eigenvalue weighted by atomic mass is 16.5. The summed E-state index contributed by atoms with van der Waals surface area (Å²) in [5.74, 6) is 0.715. The Balaban J connectivity index is 3.43. The molecule has 0 heterocycles. The average molecular weight is 244 g/mol. The fraction of sp³-hybridized carbons (Fsp3) is 1.00. The fourth-order valence-corrected chi connectivity index (χ4v) is 1.92. The molecule has 104 valence electrons. The lowest BCUT2D eigenvalue weighted by atomic mass is 10.2. The number of rotatable bonds is 10. The number of hydrogen-bond donors (Lipinski definition) is 1. The van der Waals surface area contributed by atoms with Gasteiger partial charge in [-0.2, -0.15) is 0 Å². The van der Waals surface area contributed by atoms with Gasteiger partial charge in [0.05, 0.1) is 13.2 Å². The van der Waals surface area contributed by atoms with Crippen LogP contribution in [0.5, 0.6) is 0 Å². The zero-order valence-electron chi connectivity index (χ0n) is 12.6. The molecular formula is C14H32N2O. The van der Waals surface area contributed by atoms with E-state index in [-0.39, 0.29) is 0 Å². The third-order valence-corrected chi connectivity index (χ3v) is 2.80. The molecule has 0 saturated heterocycles. The molecule has 3 nitrogen and oxygen atoms in total. The van der Waals surface area contributed by atoms with Crippen molar-refractivity contribution in [2.75, 3.05) is 32.8 Å². The van der Waals surface area contributed by atoms with E-state index >= 15 is 0 Å². The van der Waals surface area contributed by atoms with Crippen LogP contribution in [-0.4, -0.2) is 49.8 Å². The van der Waals surface area contributed by atoms with Crippen LogP contribution in [0.25, 0.3) is 0 Å². The molecule has 3 heteroatoms. The van der Waals surface area contributed by atoms with Crippen molar-refractivity contribution in [2.24, 2.45) is 5.92 Å². The van der Waals surface area contributed by atoms with Gasteiger partial charge in [0.15, 0.2) is 0 Å². The van der Waals surface area contributed by atoms with Crippen molar-refractivity contribution in [3.63, 3.8) is 0 Å². The van der Waals surface area contributed by atoms with Crippen molar-refractivity contribution in [2.45, 2.75) is 53.6 Å². The number of ether oxygens (including phenoxy) is 1. The summed E-state index contributed by atoms with van der Waals surface area (Å²) in [7, 11) is 0. The largest absolute Gasteiger partial charge is 0.379 e. The normalized spacial score (nSPS) is 12.4. The van der Waals surface area contributed by atoms with Gasteiger partial charge in [-0.1, -0.05) is 13.8 Å². The van der Waals surface area contributed by atoms with Crippen molar-refractivity contribution in [1.29, 1.82) is 0 Å². The van der Waals surface area contributed by atoms with E-state index in [1.54, 1.807) is 0 Å². The highest BCUT2D eigenvalue weighted by molar-refractivity contribution is 4.66. The van der Waals surface area contributed by atoms with E-state index in [2.05, 4.69) is 51.8 Å². The maximum Gasteiger partial charge on any atom is 0.0594 e. The molecule has 0 unspecified atom stereocenters. The molecule has 1 N–H and O–H groups in total. The highest BCUT2D eigenvalue weighted by Crippen LogP contribution is 2.03. The van der Waals surface area contributed by atoms with Gasteiger partial charge in [0.2, 0.25) is 0 Å². The van der Waals surface area contributed by atoms with E-state index < -0.39 is 0 Å². The van der Waals surface area contributed by atoms with E-state index in [1.165, 1.54) is 0 Å². The molecule has 0 fully saturated rings. The molecule has 0 aromatic rings. The van der Waals surface area contributed by atoms with Gasteiger partial charge in [-0.3, -0.25) is 4.90 Å². The molecule has 0 aliphatic heterocycles. The number of nitrogens with one attached hydrogen (secondary N) is 1.